The van der Waals surface area contributed by atoms with Crippen molar-refractivity contribution in [3.63, 3.8) is 0 Å². The molecule has 3 aromatic carbocycles. The second-order valence-electron chi connectivity index (χ2n) is 15.3. The van der Waals surface area contributed by atoms with Crippen molar-refractivity contribution in [3.05, 3.63) is 82.4 Å². The summed E-state index contributed by atoms with van der Waals surface area (Å²) in [5.74, 6) is 0.475. The van der Waals surface area contributed by atoms with Crippen molar-refractivity contribution in [2.45, 2.75) is 124 Å². The van der Waals surface area contributed by atoms with Gasteiger partial charge < -0.3 is 0 Å². The Morgan fingerprint density at radius 2 is 1.03 bits per heavy atom. The van der Waals surface area contributed by atoms with Crippen LogP contribution in [0.3, 0.4) is 0 Å². The Kier molecular flexibility index (Phi) is 6.84. The van der Waals surface area contributed by atoms with Crippen LogP contribution in [0.15, 0.2) is 54.6 Å². The zero-order valence-corrected chi connectivity index (χ0v) is 25.7. The van der Waals surface area contributed by atoms with E-state index in [0.29, 0.717) is 5.92 Å². The van der Waals surface area contributed by atoms with E-state index in [2.05, 4.69) is 138 Å². The first kappa shape index (κ1) is 27.7. The molecule has 0 amide bonds. The summed E-state index contributed by atoms with van der Waals surface area (Å²) in [6.07, 6.45) is 2.49. The van der Waals surface area contributed by atoms with Crippen LogP contribution < -0.4 is 0 Å². The van der Waals surface area contributed by atoms with Gasteiger partial charge in [-0.25, -0.2) is 0 Å². The summed E-state index contributed by atoms with van der Waals surface area (Å²) < 4.78 is 0. The van der Waals surface area contributed by atoms with Crippen LogP contribution in [0.4, 0.5) is 0 Å². The average Bonchev–Trinajstić information content (AvgIpc) is 2.80. The normalized spacial score (nSPS) is 17.1. The lowest BCUT2D eigenvalue weighted by Gasteiger charge is -2.42. The van der Waals surface area contributed by atoms with Crippen molar-refractivity contribution in [1.29, 1.82) is 0 Å². The Balaban J connectivity index is 1.90. The van der Waals surface area contributed by atoms with E-state index in [9.17, 15) is 0 Å². The largest absolute Gasteiger partial charge is 0.0587 e. The molecule has 0 saturated carbocycles. The van der Waals surface area contributed by atoms with Gasteiger partial charge >= 0.3 is 0 Å². The second-order valence-corrected chi connectivity index (χ2v) is 15.3. The Bertz CT molecular complexity index is 1240. The number of hydrogen-bond donors (Lipinski definition) is 0. The standard InChI is InChI=1S/C37H50/c1-24(2)27-19-28(25-13-15-30(34(3,4)5)32(22-25)35(6,7)8)21-29(20-27)26-14-16-31-33(23-26)37(11,12)18-17-36(31,9)10/h13-16,19-24H,17-18H2,1-12H3. The molecule has 0 atom stereocenters. The van der Waals surface area contributed by atoms with Crippen LogP contribution in [0.5, 0.6) is 0 Å². The summed E-state index contributed by atoms with van der Waals surface area (Å²) in [4.78, 5) is 0. The van der Waals surface area contributed by atoms with E-state index < -0.39 is 0 Å². The molecule has 0 spiro atoms. The van der Waals surface area contributed by atoms with Crippen molar-refractivity contribution < 1.29 is 0 Å². The predicted octanol–water partition coefficient (Wildman–Crippen LogP) is 11.1. The molecule has 0 aromatic heterocycles. The van der Waals surface area contributed by atoms with Gasteiger partial charge in [-0.15, -0.1) is 0 Å². The fourth-order valence-electron chi connectivity index (χ4n) is 6.08. The zero-order chi connectivity index (χ0) is 27.6. The van der Waals surface area contributed by atoms with Crippen molar-refractivity contribution in [1.82, 2.24) is 0 Å². The zero-order valence-electron chi connectivity index (χ0n) is 25.7. The topological polar surface area (TPSA) is 0 Å². The van der Waals surface area contributed by atoms with E-state index in [4.69, 9.17) is 0 Å². The highest BCUT2D eigenvalue weighted by Crippen LogP contribution is 2.47. The monoisotopic (exact) mass is 494 g/mol. The minimum atomic E-state index is 0.0913. The third-order valence-corrected chi connectivity index (χ3v) is 8.78. The summed E-state index contributed by atoms with van der Waals surface area (Å²) in [5.41, 5.74) is 13.3. The Hall–Kier alpha value is -2.34. The maximum absolute atomic E-state index is 2.50. The van der Waals surface area contributed by atoms with Gasteiger partial charge in [-0.2, -0.15) is 0 Å². The molecular formula is C37H50. The van der Waals surface area contributed by atoms with Gasteiger partial charge in [-0.1, -0.05) is 132 Å². The Morgan fingerprint density at radius 1 is 0.541 bits per heavy atom. The fourth-order valence-corrected chi connectivity index (χ4v) is 6.08. The van der Waals surface area contributed by atoms with E-state index in [1.54, 1.807) is 0 Å². The van der Waals surface area contributed by atoms with Crippen molar-refractivity contribution in [2.24, 2.45) is 0 Å². The van der Waals surface area contributed by atoms with E-state index in [0.717, 1.165) is 0 Å². The van der Waals surface area contributed by atoms with E-state index in [-0.39, 0.29) is 21.7 Å². The molecule has 0 radical (unpaired) electrons. The third-order valence-electron chi connectivity index (χ3n) is 8.78. The van der Waals surface area contributed by atoms with Crippen LogP contribution in [0, 0.1) is 0 Å². The van der Waals surface area contributed by atoms with Crippen LogP contribution in [-0.2, 0) is 21.7 Å². The third kappa shape index (κ3) is 5.45. The lowest BCUT2D eigenvalue weighted by molar-refractivity contribution is 0.332. The lowest BCUT2D eigenvalue weighted by atomic mass is 9.63. The minimum absolute atomic E-state index is 0.0913. The van der Waals surface area contributed by atoms with E-state index in [1.165, 1.54) is 62.9 Å². The molecule has 3 aromatic rings. The van der Waals surface area contributed by atoms with Crippen molar-refractivity contribution in [2.75, 3.05) is 0 Å². The number of rotatable bonds is 3. The van der Waals surface area contributed by atoms with E-state index in [1.807, 2.05) is 0 Å². The molecule has 0 fully saturated rings. The predicted molar refractivity (Wildman–Crippen MR) is 164 cm³/mol. The van der Waals surface area contributed by atoms with Gasteiger partial charge in [0.25, 0.3) is 0 Å². The molecule has 37 heavy (non-hydrogen) atoms. The molecule has 4 rings (SSSR count). The average molecular weight is 495 g/mol. The highest BCUT2D eigenvalue weighted by Gasteiger charge is 2.37. The quantitative estimate of drug-likeness (QED) is 0.339. The Morgan fingerprint density at radius 3 is 1.54 bits per heavy atom. The molecule has 0 heterocycles. The maximum Gasteiger partial charge on any atom is -0.0100 e. The number of hydrogen-bond acceptors (Lipinski definition) is 0. The summed E-state index contributed by atoms with van der Waals surface area (Å²) in [6, 6.07) is 21.7. The molecule has 0 bridgehead atoms. The molecule has 0 N–H and O–H groups in total. The molecule has 0 unspecified atom stereocenters. The van der Waals surface area contributed by atoms with Crippen LogP contribution >= 0.6 is 0 Å². The van der Waals surface area contributed by atoms with Crippen molar-refractivity contribution >= 4 is 0 Å². The van der Waals surface area contributed by atoms with Gasteiger partial charge in [0.2, 0.25) is 0 Å². The van der Waals surface area contributed by atoms with Crippen LogP contribution in [-0.4, -0.2) is 0 Å². The Labute approximate surface area is 227 Å². The first-order valence-electron chi connectivity index (χ1n) is 14.4. The van der Waals surface area contributed by atoms with Gasteiger partial charge in [-0.3, -0.25) is 0 Å². The first-order valence-corrected chi connectivity index (χ1v) is 14.4. The maximum atomic E-state index is 2.50. The summed E-state index contributed by atoms with van der Waals surface area (Å²) >= 11 is 0. The molecule has 198 valence electrons. The number of fused-ring (bicyclic) bond motifs is 1. The highest BCUT2D eigenvalue weighted by atomic mass is 14.4. The summed E-state index contributed by atoms with van der Waals surface area (Å²) in [5, 5.41) is 0. The summed E-state index contributed by atoms with van der Waals surface area (Å²) in [6.45, 7) is 28.3. The van der Waals surface area contributed by atoms with Gasteiger partial charge in [0.15, 0.2) is 0 Å². The van der Waals surface area contributed by atoms with E-state index >= 15 is 0 Å². The van der Waals surface area contributed by atoms with Gasteiger partial charge in [0.05, 0.1) is 0 Å². The summed E-state index contributed by atoms with van der Waals surface area (Å²) in [7, 11) is 0. The highest BCUT2D eigenvalue weighted by molar-refractivity contribution is 5.76. The first-order chi connectivity index (χ1) is 16.9. The molecular weight excluding hydrogens is 444 g/mol. The molecule has 1 aliphatic carbocycles. The fraction of sp³-hybridized carbons (Fsp3) is 0.514. The molecule has 0 aliphatic heterocycles. The molecule has 0 heteroatoms. The molecule has 0 saturated heterocycles. The van der Waals surface area contributed by atoms with Gasteiger partial charge in [-0.05, 0) is 96.6 Å². The number of benzene rings is 3. The minimum Gasteiger partial charge on any atom is -0.0587 e. The van der Waals surface area contributed by atoms with Gasteiger partial charge in [0, 0.05) is 0 Å². The lowest BCUT2D eigenvalue weighted by Crippen LogP contribution is -2.33. The van der Waals surface area contributed by atoms with Gasteiger partial charge in [0.1, 0.15) is 0 Å². The van der Waals surface area contributed by atoms with Crippen LogP contribution in [0.25, 0.3) is 22.3 Å². The SMILES string of the molecule is CC(C)c1cc(-c2ccc(C(C)(C)C)c(C(C)(C)C)c2)cc(-c2ccc3c(c2)C(C)(C)CCC3(C)C)c1. The van der Waals surface area contributed by atoms with Crippen molar-refractivity contribution in [3.8, 4) is 22.3 Å². The van der Waals surface area contributed by atoms with Crippen LogP contribution in [0.2, 0.25) is 0 Å². The molecule has 0 nitrogen and oxygen atoms in total. The smallest absolute Gasteiger partial charge is 0.0100 e. The van der Waals surface area contributed by atoms with Crippen LogP contribution in [0.1, 0.15) is 130 Å². The molecule has 1 aliphatic rings. The second kappa shape index (κ2) is 9.14.